The lowest BCUT2D eigenvalue weighted by molar-refractivity contribution is 0.0481. The highest BCUT2D eigenvalue weighted by Gasteiger charge is 2.20. The van der Waals surface area contributed by atoms with E-state index in [0.717, 1.165) is 11.1 Å². The van der Waals surface area contributed by atoms with Crippen molar-refractivity contribution in [1.82, 2.24) is 5.32 Å². The number of amides is 1. The van der Waals surface area contributed by atoms with Crippen molar-refractivity contribution in [1.29, 1.82) is 0 Å². The molecule has 1 aromatic carbocycles. The highest BCUT2D eigenvalue weighted by molar-refractivity contribution is 5.68. The fourth-order valence-electron chi connectivity index (χ4n) is 1.65. The molecule has 0 aliphatic carbocycles. The number of rotatable bonds is 3. The lowest BCUT2D eigenvalue weighted by Crippen LogP contribution is -2.36. The van der Waals surface area contributed by atoms with E-state index < -0.39 is 17.7 Å². The summed E-state index contributed by atoms with van der Waals surface area (Å²) < 4.78 is 5.17. The van der Waals surface area contributed by atoms with Crippen LogP contribution in [0.25, 0.3) is 0 Å². The molecule has 4 nitrogen and oxygen atoms in total. The largest absolute Gasteiger partial charge is 0.444 e. The Bertz CT molecular complexity index is 410. The molecule has 2 N–H and O–H groups in total. The number of carbonyl (C=O) groups excluding carboxylic acids is 1. The van der Waals surface area contributed by atoms with Gasteiger partial charge >= 0.3 is 6.09 Å². The molecule has 0 heterocycles. The molecule has 0 aromatic heterocycles. The van der Waals surface area contributed by atoms with E-state index in [9.17, 15) is 9.90 Å². The summed E-state index contributed by atoms with van der Waals surface area (Å²) in [6.45, 7) is 7.18. The third-order valence-electron chi connectivity index (χ3n) is 2.44. The number of nitrogens with one attached hydrogen (secondary N) is 1. The molecular weight excluding hydrogens is 230 g/mol. The van der Waals surface area contributed by atoms with E-state index in [-0.39, 0.29) is 6.61 Å². The van der Waals surface area contributed by atoms with Gasteiger partial charge in [-0.3, -0.25) is 0 Å². The van der Waals surface area contributed by atoms with Crippen molar-refractivity contribution in [2.24, 2.45) is 0 Å². The van der Waals surface area contributed by atoms with Crippen LogP contribution in [-0.4, -0.2) is 23.4 Å². The third-order valence-corrected chi connectivity index (χ3v) is 2.44. The summed E-state index contributed by atoms with van der Waals surface area (Å²) in [5.74, 6) is 0. The summed E-state index contributed by atoms with van der Waals surface area (Å²) in [6.07, 6.45) is -0.523. The van der Waals surface area contributed by atoms with Gasteiger partial charge in [0.2, 0.25) is 0 Å². The van der Waals surface area contributed by atoms with Crippen LogP contribution >= 0.6 is 0 Å². The van der Waals surface area contributed by atoms with Crippen LogP contribution < -0.4 is 5.32 Å². The van der Waals surface area contributed by atoms with Crippen LogP contribution in [0.1, 0.15) is 37.9 Å². The van der Waals surface area contributed by atoms with Gasteiger partial charge in [-0.1, -0.05) is 24.3 Å². The molecule has 0 aliphatic heterocycles. The number of carbonyl (C=O) groups is 1. The Labute approximate surface area is 108 Å². The lowest BCUT2D eigenvalue weighted by atomic mass is 10.0. The Kier molecular flexibility index (Phi) is 4.73. The average Bonchev–Trinajstić information content (AvgIpc) is 2.24. The molecule has 0 fully saturated rings. The molecule has 18 heavy (non-hydrogen) atoms. The number of aliphatic hydroxyl groups excluding tert-OH is 1. The first-order chi connectivity index (χ1) is 8.33. The topological polar surface area (TPSA) is 58.6 Å². The van der Waals surface area contributed by atoms with Gasteiger partial charge < -0.3 is 15.2 Å². The van der Waals surface area contributed by atoms with E-state index in [1.54, 1.807) is 20.8 Å². The second-order valence-corrected chi connectivity index (χ2v) is 5.24. The van der Waals surface area contributed by atoms with Gasteiger partial charge in [0.15, 0.2) is 0 Å². The summed E-state index contributed by atoms with van der Waals surface area (Å²) in [4.78, 5) is 11.7. The minimum Gasteiger partial charge on any atom is -0.444 e. The number of aryl methyl sites for hydroxylation is 1. The van der Waals surface area contributed by atoms with Gasteiger partial charge in [-0.2, -0.15) is 0 Å². The molecule has 4 heteroatoms. The van der Waals surface area contributed by atoms with Crippen LogP contribution in [0.4, 0.5) is 4.79 Å². The highest BCUT2D eigenvalue weighted by Crippen LogP contribution is 2.17. The van der Waals surface area contributed by atoms with Gasteiger partial charge in [0.05, 0.1) is 12.6 Å². The minimum atomic E-state index is -0.546. The molecule has 0 radical (unpaired) electrons. The number of ether oxygens (including phenoxy) is 1. The summed E-state index contributed by atoms with van der Waals surface area (Å²) in [7, 11) is 0. The van der Waals surface area contributed by atoms with Gasteiger partial charge in [-0.15, -0.1) is 0 Å². The van der Waals surface area contributed by atoms with Crippen LogP contribution in [0.2, 0.25) is 0 Å². The van der Waals surface area contributed by atoms with Crippen molar-refractivity contribution < 1.29 is 14.6 Å². The smallest absolute Gasteiger partial charge is 0.408 e. The van der Waals surface area contributed by atoms with Crippen LogP contribution in [0.5, 0.6) is 0 Å². The van der Waals surface area contributed by atoms with Gasteiger partial charge in [0.25, 0.3) is 0 Å². The second-order valence-electron chi connectivity index (χ2n) is 5.24. The van der Waals surface area contributed by atoms with Crippen molar-refractivity contribution in [2.75, 3.05) is 6.61 Å². The standard InChI is InChI=1S/C14H21NO3/c1-10-7-5-6-8-11(10)12(9-16)15-13(17)18-14(2,3)4/h5-8,12,16H,9H2,1-4H3,(H,15,17). The number of alkyl carbamates (subject to hydrolysis) is 1. The summed E-state index contributed by atoms with van der Waals surface area (Å²) in [5, 5.41) is 12.1. The zero-order chi connectivity index (χ0) is 13.8. The Hall–Kier alpha value is -1.55. The maximum absolute atomic E-state index is 11.7. The SMILES string of the molecule is Cc1ccccc1C(CO)NC(=O)OC(C)(C)C. The molecule has 100 valence electrons. The number of hydrogen-bond acceptors (Lipinski definition) is 3. The van der Waals surface area contributed by atoms with Gasteiger partial charge in [-0.05, 0) is 38.8 Å². The summed E-state index contributed by atoms with van der Waals surface area (Å²) in [6, 6.07) is 7.17. The number of hydrogen-bond donors (Lipinski definition) is 2. The highest BCUT2D eigenvalue weighted by atomic mass is 16.6. The van der Waals surface area contributed by atoms with Crippen molar-refractivity contribution in [3.05, 3.63) is 35.4 Å². The zero-order valence-corrected chi connectivity index (χ0v) is 11.4. The number of benzene rings is 1. The normalized spacial score (nSPS) is 12.9. The molecular formula is C14H21NO3. The molecule has 0 aliphatic rings. The lowest BCUT2D eigenvalue weighted by Gasteiger charge is -2.23. The van der Waals surface area contributed by atoms with E-state index in [1.165, 1.54) is 0 Å². The summed E-state index contributed by atoms with van der Waals surface area (Å²) >= 11 is 0. The first kappa shape index (κ1) is 14.5. The molecule has 1 atom stereocenters. The Morgan fingerprint density at radius 3 is 2.50 bits per heavy atom. The van der Waals surface area contributed by atoms with Crippen LogP contribution in [0, 0.1) is 6.92 Å². The molecule has 1 unspecified atom stereocenters. The molecule has 1 amide bonds. The molecule has 0 saturated heterocycles. The Morgan fingerprint density at radius 1 is 1.39 bits per heavy atom. The molecule has 0 bridgehead atoms. The minimum absolute atomic E-state index is 0.163. The molecule has 1 rings (SSSR count). The Morgan fingerprint density at radius 2 is 2.00 bits per heavy atom. The van der Waals surface area contributed by atoms with Gasteiger partial charge in [0.1, 0.15) is 5.60 Å². The average molecular weight is 251 g/mol. The first-order valence-corrected chi connectivity index (χ1v) is 5.99. The number of aliphatic hydroxyl groups is 1. The molecule has 0 spiro atoms. The maximum atomic E-state index is 11.7. The van der Waals surface area contributed by atoms with E-state index in [1.807, 2.05) is 31.2 Å². The van der Waals surface area contributed by atoms with Crippen molar-refractivity contribution in [3.8, 4) is 0 Å². The monoisotopic (exact) mass is 251 g/mol. The van der Waals surface area contributed by atoms with Gasteiger partial charge in [0, 0.05) is 0 Å². The zero-order valence-electron chi connectivity index (χ0n) is 11.4. The van der Waals surface area contributed by atoms with Crippen LogP contribution in [0.15, 0.2) is 24.3 Å². The van der Waals surface area contributed by atoms with Crippen molar-refractivity contribution >= 4 is 6.09 Å². The predicted octanol–water partition coefficient (Wildman–Crippen LogP) is 2.55. The van der Waals surface area contributed by atoms with Crippen LogP contribution in [0.3, 0.4) is 0 Å². The fourth-order valence-corrected chi connectivity index (χ4v) is 1.65. The van der Waals surface area contributed by atoms with Crippen LogP contribution in [-0.2, 0) is 4.74 Å². The fraction of sp³-hybridized carbons (Fsp3) is 0.500. The van der Waals surface area contributed by atoms with E-state index in [4.69, 9.17) is 4.74 Å². The maximum Gasteiger partial charge on any atom is 0.408 e. The quantitative estimate of drug-likeness (QED) is 0.868. The Balaban J connectivity index is 2.74. The molecule has 0 saturated carbocycles. The van der Waals surface area contributed by atoms with Gasteiger partial charge in [-0.25, -0.2) is 4.79 Å². The van der Waals surface area contributed by atoms with Crippen molar-refractivity contribution in [3.63, 3.8) is 0 Å². The summed E-state index contributed by atoms with van der Waals surface area (Å²) in [5.41, 5.74) is 1.37. The third kappa shape index (κ3) is 4.37. The molecule has 1 aromatic rings. The van der Waals surface area contributed by atoms with Crippen molar-refractivity contribution in [2.45, 2.75) is 39.3 Å². The second kappa shape index (κ2) is 5.87. The predicted molar refractivity (Wildman–Crippen MR) is 70.4 cm³/mol. The van der Waals surface area contributed by atoms with E-state index in [2.05, 4.69) is 5.32 Å². The van der Waals surface area contributed by atoms with E-state index >= 15 is 0 Å². The van der Waals surface area contributed by atoms with E-state index in [0.29, 0.717) is 0 Å². The first-order valence-electron chi connectivity index (χ1n) is 5.99.